The molecule has 2 N–H and O–H groups in total. The topological polar surface area (TPSA) is 50.4 Å². The smallest absolute Gasteiger partial charge is 0.278 e. The van der Waals surface area contributed by atoms with Gasteiger partial charge in [0.05, 0.1) is 12.3 Å². The number of carbonyl (C=O) groups excluding carboxylic acids is 1. The maximum Gasteiger partial charge on any atom is 0.278 e. The summed E-state index contributed by atoms with van der Waals surface area (Å²) in [5.74, 6) is 0.497. The highest BCUT2D eigenvalue weighted by Gasteiger charge is 2.33. The minimum absolute atomic E-state index is 0.0417. The molecule has 1 aliphatic carbocycles. The Morgan fingerprint density at radius 1 is 1.28 bits per heavy atom. The molecule has 0 spiro atoms. The van der Waals surface area contributed by atoms with Gasteiger partial charge in [-0.1, -0.05) is 63.1 Å². The van der Waals surface area contributed by atoms with E-state index in [1.807, 2.05) is 12.3 Å². The molecule has 1 aromatic carbocycles. The number of nitrogens with one attached hydrogen (secondary N) is 2. The lowest BCUT2D eigenvalue weighted by Gasteiger charge is -2.37. The molecular formula is C20H32N2O2S. The van der Waals surface area contributed by atoms with Crippen molar-refractivity contribution in [2.24, 2.45) is 5.41 Å². The molecular weight excluding hydrogens is 332 g/mol. The first kappa shape index (κ1) is 20.1. The molecule has 1 aliphatic rings. The summed E-state index contributed by atoms with van der Waals surface area (Å²) in [6.45, 7) is 5.76. The molecule has 1 fully saturated rings. The summed E-state index contributed by atoms with van der Waals surface area (Å²) in [6, 6.07) is 8.35. The summed E-state index contributed by atoms with van der Waals surface area (Å²) in [6.07, 6.45) is 8.83. The van der Waals surface area contributed by atoms with E-state index in [-0.39, 0.29) is 10.7 Å². The van der Waals surface area contributed by atoms with Gasteiger partial charge in [0.25, 0.3) is 5.24 Å². The Bertz CT molecular complexity index is 544. The van der Waals surface area contributed by atoms with Crippen molar-refractivity contribution < 1.29 is 9.63 Å². The van der Waals surface area contributed by atoms with Crippen molar-refractivity contribution in [3.8, 4) is 0 Å². The van der Waals surface area contributed by atoms with Gasteiger partial charge >= 0.3 is 0 Å². The average Bonchev–Trinajstić information content (AvgIpc) is 2.66. The summed E-state index contributed by atoms with van der Waals surface area (Å²) < 4.78 is 0. The second-order valence-electron chi connectivity index (χ2n) is 7.19. The number of benzene rings is 1. The van der Waals surface area contributed by atoms with Crippen LogP contribution in [0.25, 0.3) is 0 Å². The molecule has 0 aliphatic heterocycles. The normalized spacial score (nSPS) is 17.7. The predicted octanol–water partition coefficient (Wildman–Crippen LogP) is 5.57. The van der Waals surface area contributed by atoms with Crippen molar-refractivity contribution in [3.63, 3.8) is 0 Å². The third kappa shape index (κ3) is 5.93. The van der Waals surface area contributed by atoms with Crippen molar-refractivity contribution in [1.29, 1.82) is 0 Å². The zero-order valence-electron chi connectivity index (χ0n) is 15.8. The third-order valence-electron chi connectivity index (χ3n) is 5.37. The lowest BCUT2D eigenvalue weighted by molar-refractivity contribution is 0.0493. The SMILES string of the molecule is CCC(C)c1ccccc1NOCC1(CNC(=O)SC)CCCCC1. The van der Waals surface area contributed by atoms with Gasteiger partial charge in [-0.3, -0.25) is 15.1 Å². The Morgan fingerprint density at radius 2 is 2.00 bits per heavy atom. The number of anilines is 1. The molecule has 1 saturated carbocycles. The van der Waals surface area contributed by atoms with Crippen LogP contribution in [-0.4, -0.2) is 24.6 Å². The number of hydrogen-bond donors (Lipinski definition) is 2. The van der Waals surface area contributed by atoms with Crippen molar-refractivity contribution in [2.45, 2.75) is 58.3 Å². The number of hydrogen-bond acceptors (Lipinski definition) is 4. The zero-order valence-corrected chi connectivity index (χ0v) is 16.6. The van der Waals surface area contributed by atoms with Gasteiger partial charge in [0.1, 0.15) is 0 Å². The fraction of sp³-hybridized carbons (Fsp3) is 0.650. The first-order valence-electron chi connectivity index (χ1n) is 9.39. The quantitative estimate of drug-likeness (QED) is 0.592. The second kappa shape index (κ2) is 10.1. The third-order valence-corrected chi connectivity index (χ3v) is 5.89. The van der Waals surface area contributed by atoms with Crippen LogP contribution in [0.15, 0.2) is 24.3 Å². The number of amides is 1. The van der Waals surface area contributed by atoms with Crippen LogP contribution in [0.4, 0.5) is 10.5 Å². The highest BCUT2D eigenvalue weighted by atomic mass is 32.2. The summed E-state index contributed by atoms with van der Waals surface area (Å²) in [5.41, 5.74) is 5.57. The fourth-order valence-electron chi connectivity index (χ4n) is 3.51. The summed E-state index contributed by atoms with van der Waals surface area (Å²) >= 11 is 1.23. The van der Waals surface area contributed by atoms with Gasteiger partial charge in [-0.15, -0.1) is 0 Å². The molecule has 0 aromatic heterocycles. The van der Waals surface area contributed by atoms with E-state index in [1.54, 1.807) is 0 Å². The summed E-state index contributed by atoms with van der Waals surface area (Å²) in [7, 11) is 0. The molecule has 0 radical (unpaired) electrons. The van der Waals surface area contributed by atoms with E-state index in [4.69, 9.17) is 4.84 Å². The summed E-state index contributed by atoms with van der Waals surface area (Å²) in [4.78, 5) is 17.6. The Hall–Kier alpha value is -1.20. The van der Waals surface area contributed by atoms with Gasteiger partial charge in [-0.05, 0) is 43.1 Å². The predicted molar refractivity (Wildman–Crippen MR) is 107 cm³/mol. The number of rotatable bonds is 8. The molecule has 0 heterocycles. The molecule has 25 heavy (non-hydrogen) atoms. The van der Waals surface area contributed by atoms with E-state index in [0.29, 0.717) is 19.1 Å². The standard InChI is InChI=1S/C20H32N2O2S/c1-4-16(2)17-10-6-7-11-18(17)22-24-15-20(12-8-5-9-13-20)14-21-19(23)25-3/h6-7,10-11,16,22H,4-5,8-9,12-15H2,1-3H3,(H,21,23). The highest BCUT2D eigenvalue weighted by Crippen LogP contribution is 2.36. The molecule has 4 nitrogen and oxygen atoms in total. The first-order chi connectivity index (χ1) is 12.1. The molecule has 1 aromatic rings. The maximum absolute atomic E-state index is 11.6. The van der Waals surface area contributed by atoms with E-state index in [2.05, 4.69) is 42.8 Å². The lowest BCUT2D eigenvalue weighted by atomic mass is 9.74. The molecule has 0 saturated heterocycles. The van der Waals surface area contributed by atoms with E-state index >= 15 is 0 Å². The van der Waals surface area contributed by atoms with E-state index < -0.39 is 0 Å². The fourth-order valence-corrected chi connectivity index (χ4v) is 3.73. The average molecular weight is 365 g/mol. The molecule has 1 atom stereocenters. The summed E-state index contributed by atoms with van der Waals surface area (Å²) in [5, 5.41) is 3.09. The molecule has 1 unspecified atom stereocenters. The van der Waals surface area contributed by atoms with Crippen molar-refractivity contribution in [1.82, 2.24) is 5.32 Å². The van der Waals surface area contributed by atoms with Gasteiger partial charge in [0.15, 0.2) is 0 Å². The van der Waals surface area contributed by atoms with Gasteiger partial charge in [0, 0.05) is 12.0 Å². The van der Waals surface area contributed by atoms with Gasteiger partial charge in [0.2, 0.25) is 0 Å². The van der Waals surface area contributed by atoms with Crippen LogP contribution in [0.3, 0.4) is 0 Å². The van der Waals surface area contributed by atoms with E-state index in [0.717, 1.165) is 24.9 Å². The van der Waals surface area contributed by atoms with Crippen LogP contribution in [-0.2, 0) is 4.84 Å². The number of thioether (sulfide) groups is 1. The van der Waals surface area contributed by atoms with E-state index in [1.165, 1.54) is 36.6 Å². The molecule has 140 valence electrons. The second-order valence-corrected chi connectivity index (χ2v) is 7.97. The van der Waals surface area contributed by atoms with Gasteiger partial charge < -0.3 is 5.32 Å². The number of para-hydroxylation sites is 1. The van der Waals surface area contributed by atoms with Crippen LogP contribution in [0, 0.1) is 5.41 Å². The zero-order chi connectivity index (χ0) is 18.1. The number of carbonyl (C=O) groups is 1. The highest BCUT2D eigenvalue weighted by molar-refractivity contribution is 8.12. The lowest BCUT2D eigenvalue weighted by Crippen LogP contribution is -2.41. The Morgan fingerprint density at radius 3 is 2.68 bits per heavy atom. The monoisotopic (exact) mass is 364 g/mol. The Labute approximate surface area is 156 Å². The molecule has 1 amide bonds. The van der Waals surface area contributed by atoms with E-state index in [9.17, 15) is 4.79 Å². The first-order valence-corrected chi connectivity index (χ1v) is 10.6. The van der Waals surface area contributed by atoms with Crippen molar-refractivity contribution in [3.05, 3.63) is 29.8 Å². The largest absolute Gasteiger partial charge is 0.346 e. The van der Waals surface area contributed by atoms with Crippen LogP contribution in [0.2, 0.25) is 0 Å². The Balaban J connectivity index is 1.96. The van der Waals surface area contributed by atoms with Gasteiger partial charge in [-0.2, -0.15) is 0 Å². The Kier molecular flexibility index (Phi) is 8.10. The molecule has 0 bridgehead atoms. The van der Waals surface area contributed by atoms with Crippen LogP contribution in [0.1, 0.15) is 63.9 Å². The van der Waals surface area contributed by atoms with Crippen LogP contribution >= 0.6 is 11.8 Å². The molecule has 5 heteroatoms. The maximum atomic E-state index is 11.6. The van der Waals surface area contributed by atoms with Crippen molar-refractivity contribution >= 4 is 22.7 Å². The minimum atomic E-state index is 0.0417. The minimum Gasteiger partial charge on any atom is -0.346 e. The van der Waals surface area contributed by atoms with Crippen molar-refractivity contribution in [2.75, 3.05) is 24.9 Å². The molecule has 2 rings (SSSR count). The van der Waals surface area contributed by atoms with Gasteiger partial charge in [-0.25, -0.2) is 0 Å². The van der Waals surface area contributed by atoms with Crippen LogP contribution in [0.5, 0.6) is 0 Å². The van der Waals surface area contributed by atoms with Crippen LogP contribution < -0.4 is 10.8 Å².